The van der Waals surface area contributed by atoms with Gasteiger partial charge in [0, 0.05) is 6.54 Å². The number of amides is 1. The number of carbonyl (C=O) groups is 1. The van der Waals surface area contributed by atoms with E-state index >= 15 is 0 Å². The van der Waals surface area contributed by atoms with Crippen molar-refractivity contribution < 1.29 is 27.6 Å². The minimum atomic E-state index is -0.871. The molecule has 1 heterocycles. The number of nitrogen functional groups attached to an aromatic ring is 1. The molecule has 6 nitrogen and oxygen atoms in total. The molecule has 0 aromatic heterocycles. The first kappa shape index (κ1) is 23.2. The number of nitrogens with two attached hydrogens (primary N) is 1. The van der Waals surface area contributed by atoms with Crippen molar-refractivity contribution >= 4 is 25.0 Å². The van der Waals surface area contributed by atoms with Crippen LogP contribution in [0.2, 0.25) is 0 Å². The summed E-state index contributed by atoms with van der Waals surface area (Å²) in [6, 6.07) is 2.22. The Morgan fingerprint density at radius 2 is 1.66 bits per heavy atom. The van der Waals surface area contributed by atoms with Gasteiger partial charge in [0.15, 0.2) is 0 Å². The van der Waals surface area contributed by atoms with E-state index in [0.29, 0.717) is 5.47 Å². The topological polar surface area (TPSA) is 82.8 Å². The van der Waals surface area contributed by atoms with E-state index in [-0.39, 0.29) is 12.1 Å². The molecule has 0 aliphatic carbocycles. The first-order valence-electron chi connectivity index (χ1n) is 9.39. The molecular formula is C20H29BF2N2O4. The fraction of sp³-hybridized carbons (Fsp3) is 0.550. The summed E-state index contributed by atoms with van der Waals surface area (Å²) in [4.78, 5) is 12.1. The summed E-state index contributed by atoms with van der Waals surface area (Å²) in [6.45, 7) is 12.8. The summed E-state index contributed by atoms with van der Waals surface area (Å²) < 4.78 is 45.0. The number of alkyl carbamates (subject to hydrolysis) is 1. The second-order valence-corrected chi connectivity index (χ2v) is 9.06. The van der Waals surface area contributed by atoms with Crippen LogP contribution in [0.15, 0.2) is 17.6 Å². The number of hydrogen-bond donors (Lipinski definition) is 2. The highest BCUT2D eigenvalue weighted by atomic mass is 19.1. The van der Waals surface area contributed by atoms with Crippen molar-refractivity contribution in [3.8, 4) is 0 Å². The molecule has 2 rings (SSSR count). The molecule has 1 fully saturated rings. The summed E-state index contributed by atoms with van der Waals surface area (Å²) in [5, 5.41) is 2.63. The average molecular weight is 410 g/mol. The Morgan fingerprint density at radius 3 is 2.10 bits per heavy atom. The first-order chi connectivity index (χ1) is 13.1. The van der Waals surface area contributed by atoms with E-state index in [1.807, 2.05) is 27.7 Å². The van der Waals surface area contributed by atoms with E-state index in [0.717, 1.165) is 12.1 Å². The van der Waals surface area contributed by atoms with Crippen molar-refractivity contribution in [3.63, 3.8) is 0 Å². The molecule has 1 saturated heterocycles. The average Bonchev–Trinajstić information content (AvgIpc) is 2.75. The zero-order valence-corrected chi connectivity index (χ0v) is 18.0. The molecule has 1 aromatic carbocycles. The number of rotatable bonds is 4. The van der Waals surface area contributed by atoms with Gasteiger partial charge in [-0.05, 0) is 71.6 Å². The van der Waals surface area contributed by atoms with E-state index < -0.39 is 47.3 Å². The van der Waals surface area contributed by atoms with Gasteiger partial charge in [0.25, 0.3) is 0 Å². The molecule has 1 aliphatic heterocycles. The van der Waals surface area contributed by atoms with Gasteiger partial charge in [0.1, 0.15) is 22.9 Å². The normalized spacial score (nSPS) is 18.7. The standard InChI is InChI=1S/C20H29BF2N2O4/c1-18(2,3)27-17(26)25-11-13(21-28-19(4,5)20(6,7)29-21)8-12-9-14(22)16(24)15(23)10-12/h8-10H,11,24H2,1-7H3,(H,25,26). The summed E-state index contributed by atoms with van der Waals surface area (Å²) in [6.07, 6.45) is 0.875. The van der Waals surface area contributed by atoms with Crippen LogP contribution in [-0.2, 0) is 14.0 Å². The van der Waals surface area contributed by atoms with Gasteiger partial charge >= 0.3 is 13.2 Å². The van der Waals surface area contributed by atoms with Gasteiger partial charge in [0.2, 0.25) is 0 Å². The van der Waals surface area contributed by atoms with Crippen LogP contribution in [0.1, 0.15) is 54.0 Å². The van der Waals surface area contributed by atoms with Crippen molar-refractivity contribution in [1.29, 1.82) is 0 Å². The van der Waals surface area contributed by atoms with Crippen molar-refractivity contribution in [2.24, 2.45) is 0 Å². The molecule has 1 aliphatic rings. The number of nitrogens with one attached hydrogen (secondary N) is 1. The van der Waals surface area contributed by atoms with Crippen LogP contribution in [0.3, 0.4) is 0 Å². The fourth-order valence-electron chi connectivity index (χ4n) is 2.59. The lowest BCUT2D eigenvalue weighted by molar-refractivity contribution is 0.00578. The van der Waals surface area contributed by atoms with Crippen LogP contribution in [0.4, 0.5) is 19.3 Å². The Kier molecular flexibility index (Phi) is 6.35. The molecule has 160 valence electrons. The van der Waals surface area contributed by atoms with Crippen LogP contribution >= 0.6 is 0 Å². The number of halogens is 2. The van der Waals surface area contributed by atoms with E-state index in [1.165, 1.54) is 6.08 Å². The van der Waals surface area contributed by atoms with Gasteiger partial charge < -0.3 is 25.1 Å². The minimum Gasteiger partial charge on any atom is -0.444 e. The van der Waals surface area contributed by atoms with E-state index in [9.17, 15) is 13.6 Å². The smallest absolute Gasteiger partial charge is 0.444 e. The number of carbonyl (C=O) groups excluding carboxylic acids is 1. The number of benzene rings is 1. The minimum absolute atomic E-state index is 0.000640. The van der Waals surface area contributed by atoms with Crippen molar-refractivity contribution in [2.45, 2.75) is 65.3 Å². The molecule has 1 amide bonds. The third-order valence-corrected chi connectivity index (χ3v) is 4.85. The van der Waals surface area contributed by atoms with E-state index in [4.69, 9.17) is 19.8 Å². The van der Waals surface area contributed by atoms with Gasteiger partial charge in [-0.15, -0.1) is 0 Å². The molecule has 0 atom stereocenters. The summed E-state index contributed by atoms with van der Waals surface area (Å²) in [7, 11) is -0.821. The Bertz CT molecular complexity index is 780. The summed E-state index contributed by atoms with van der Waals surface area (Å²) in [5.41, 5.74) is 3.57. The maximum Gasteiger partial charge on any atom is 0.492 e. The molecular weight excluding hydrogens is 381 g/mol. The second-order valence-electron chi connectivity index (χ2n) is 9.06. The monoisotopic (exact) mass is 410 g/mol. The molecule has 1 aromatic rings. The lowest BCUT2D eigenvalue weighted by Crippen LogP contribution is -2.41. The van der Waals surface area contributed by atoms with Gasteiger partial charge in [-0.3, -0.25) is 0 Å². The molecule has 29 heavy (non-hydrogen) atoms. The van der Waals surface area contributed by atoms with Crippen LogP contribution in [0.5, 0.6) is 0 Å². The summed E-state index contributed by atoms with van der Waals surface area (Å²) >= 11 is 0. The predicted molar refractivity (Wildman–Crippen MR) is 109 cm³/mol. The Hall–Kier alpha value is -2.13. The second kappa shape index (κ2) is 7.95. The van der Waals surface area contributed by atoms with Gasteiger partial charge in [-0.2, -0.15) is 0 Å². The van der Waals surface area contributed by atoms with Gasteiger partial charge in [-0.25, -0.2) is 13.6 Å². The highest BCUT2D eigenvalue weighted by Crippen LogP contribution is 2.38. The lowest BCUT2D eigenvalue weighted by Gasteiger charge is -2.32. The van der Waals surface area contributed by atoms with Crippen LogP contribution in [0.25, 0.3) is 6.08 Å². The summed E-state index contributed by atoms with van der Waals surface area (Å²) in [5.74, 6) is -1.74. The fourth-order valence-corrected chi connectivity index (χ4v) is 2.59. The molecule has 0 radical (unpaired) electrons. The lowest BCUT2D eigenvalue weighted by atomic mass is 9.77. The predicted octanol–water partition coefficient (Wildman–Crippen LogP) is 4.09. The molecule has 9 heteroatoms. The first-order valence-corrected chi connectivity index (χ1v) is 9.39. The highest BCUT2D eigenvalue weighted by Gasteiger charge is 2.52. The molecule has 3 N–H and O–H groups in total. The van der Waals surface area contributed by atoms with Gasteiger partial charge in [0.05, 0.1) is 11.2 Å². The maximum absolute atomic E-state index is 13.9. The zero-order chi connectivity index (χ0) is 22.2. The van der Waals surface area contributed by atoms with Crippen molar-refractivity contribution in [1.82, 2.24) is 5.32 Å². The Morgan fingerprint density at radius 1 is 1.17 bits per heavy atom. The zero-order valence-electron chi connectivity index (χ0n) is 18.0. The number of ether oxygens (including phenoxy) is 1. The number of anilines is 1. The quantitative estimate of drug-likeness (QED) is 0.577. The van der Waals surface area contributed by atoms with E-state index in [1.54, 1.807) is 20.8 Å². The molecule has 0 unspecified atom stereocenters. The van der Waals surface area contributed by atoms with Crippen LogP contribution in [-0.4, -0.2) is 36.6 Å². The Labute approximate surface area is 170 Å². The third-order valence-electron chi connectivity index (χ3n) is 4.85. The maximum atomic E-state index is 13.9. The Balaban J connectivity index is 2.32. The highest BCUT2D eigenvalue weighted by molar-refractivity contribution is 6.56. The van der Waals surface area contributed by atoms with Crippen LogP contribution < -0.4 is 11.1 Å². The van der Waals surface area contributed by atoms with Crippen molar-refractivity contribution in [3.05, 3.63) is 34.8 Å². The number of hydrogen-bond acceptors (Lipinski definition) is 5. The van der Waals surface area contributed by atoms with Crippen molar-refractivity contribution in [2.75, 3.05) is 12.3 Å². The van der Waals surface area contributed by atoms with Crippen LogP contribution in [0, 0.1) is 11.6 Å². The largest absolute Gasteiger partial charge is 0.492 e. The SMILES string of the molecule is CC(C)(C)OC(=O)NCC(=Cc1cc(F)c(N)c(F)c1)B1OC(C)(C)C(C)(C)O1. The molecule has 0 spiro atoms. The van der Waals surface area contributed by atoms with E-state index in [2.05, 4.69) is 5.32 Å². The third kappa shape index (κ3) is 5.70. The molecule has 0 bridgehead atoms. The van der Waals surface area contributed by atoms with Gasteiger partial charge in [-0.1, -0.05) is 6.08 Å². The molecule has 0 saturated carbocycles.